The van der Waals surface area contributed by atoms with Crippen LogP contribution in [0.15, 0.2) is 28.7 Å². The van der Waals surface area contributed by atoms with Gasteiger partial charge >= 0.3 is 0 Å². The normalized spacial score (nSPS) is 21.5. The minimum Gasteiger partial charge on any atom is -0.384 e. The molecule has 0 bridgehead atoms. The van der Waals surface area contributed by atoms with E-state index in [1.54, 1.807) is 7.11 Å². The highest BCUT2D eigenvalue weighted by atomic mass is 79.9. The second-order valence-corrected chi connectivity index (χ2v) is 5.29. The van der Waals surface area contributed by atoms with E-state index in [1.165, 1.54) is 23.0 Å². The minimum atomic E-state index is 0.715. The maximum atomic E-state index is 5.21. The molecule has 3 heteroatoms. The zero-order chi connectivity index (χ0) is 11.4. The van der Waals surface area contributed by atoms with Gasteiger partial charge in [0.05, 0.1) is 6.61 Å². The van der Waals surface area contributed by atoms with Gasteiger partial charge < -0.3 is 4.74 Å². The van der Waals surface area contributed by atoms with Gasteiger partial charge in [0, 0.05) is 24.7 Å². The summed E-state index contributed by atoms with van der Waals surface area (Å²) in [6, 6.07) is 8.46. The molecule has 0 amide bonds. The number of likely N-dealkylation sites (tertiary alicyclic amines) is 1. The van der Waals surface area contributed by atoms with Crippen molar-refractivity contribution in [1.82, 2.24) is 4.90 Å². The highest BCUT2D eigenvalue weighted by molar-refractivity contribution is 9.10. The molecule has 88 valence electrons. The number of nitrogens with zero attached hydrogens (tertiary/aromatic N) is 1. The predicted molar refractivity (Wildman–Crippen MR) is 69.4 cm³/mol. The van der Waals surface area contributed by atoms with Crippen LogP contribution in [0.25, 0.3) is 0 Å². The van der Waals surface area contributed by atoms with Gasteiger partial charge in [-0.25, -0.2) is 0 Å². The molecule has 0 radical (unpaired) electrons. The molecule has 2 nitrogen and oxygen atoms in total. The van der Waals surface area contributed by atoms with Gasteiger partial charge in [-0.1, -0.05) is 34.1 Å². The van der Waals surface area contributed by atoms with Crippen LogP contribution in [0.2, 0.25) is 0 Å². The Labute approximate surface area is 106 Å². The molecule has 0 aliphatic carbocycles. The van der Waals surface area contributed by atoms with Crippen LogP contribution >= 0.6 is 15.9 Å². The summed E-state index contributed by atoms with van der Waals surface area (Å²) in [4.78, 5) is 2.50. The Kier molecular flexibility index (Phi) is 4.38. The van der Waals surface area contributed by atoms with E-state index in [4.69, 9.17) is 4.74 Å². The fraction of sp³-hybridized carbons (Fsp3) is 0.538. The Balaban J connectivity index is 1.90. The number of hydrogen-bond acceptors (Lipinski definition) is 2. The third-order valence-electron chi connectivity index (χ3n) is 3.12. The largest absolute Gasteiger partial charge is 0.384 e. The van der Waals surface area contributed by atoms with Gasteiger partial charge in [-0.3, -0.25) is 4.90 Å². The van der Waals surface area contributed by atoms with Crippen molar-refractivity contribution in [3.05, 3.63) is 34.3 Å². The zero-order valence-corrected chi connectivity index (χ0v) is 11.2. The highest BCUT2D eigenvalue weighted by Crippen LogP contribution is 2.22. The summed E-state index contributed by atoms with van der Waals surface area (Å²) in [7, 11) is 1.79. The first-order chi connectivity index (χ1) is 7.79. The Bertz CT molecular complexity index is 342. The molecule has 0 aromatic heterocycles. The lowest BCUT2D eigenvalue weighted by atomic mass is 10.1. The molecule has 1 aromatic carbocycles. The molecular formula is C13H18BrNO. The van der Waals surface area contributed by atoms with Crippen LogP contribution in [0.5, 0.6) is 0 Å². The third-order valence-corrected chi connectivity index (χ3v) is 3.90. The molecular weight excluding hydrogens is 266 g/mol. The van der Waals surface area contributed by atoms with Gasteiger partial charge in [-0.05, 0) is 30.5 Å². The van der Waals surface area contributed by atoms with Crippen molar-refractivity contribution in [2.24, 2.45) is 5.92 Å². The van der Waals surface area contributed by atoms with E-state index in [1.807, 2.05) is 0 Å². The van der Waals surface area contributed by atoms with Crippen LogP contribution in [0.4, 0.5) is 0 Å². The van der Waals surface area contributed by atoms with E-state index >= 15 is 0 Å². The molecule has 1 atom stereocenters. The smallest absolute Gasteiger partial charge is 0.0503 e. The Hall–Kier alpha value is -0.380. The standard InChI is InChI=1S/C13H18BrNO/c1-16-10-11-6-7-15(8-11)9-12-4-2-3-5-13(12)14/h2-5,11H,6-10H2,1H3. The summed E-state index contributed by atoms with van der Waals surface area (Å²) in [6.07, 6.45) is 1.26. The van der Waals surface area contributed by atoms with Crippen molar-refractivity contribution in [2.45, 2.75) is 13.0 Å². The van der Waals surface area contributed by atoms with E-state index in [0.29, 0.717) is 5.92 Å². The number of methoxy groups -OCH3 is 1. The summed E-state index contributed by atoms with van der Waals surface area (Å²) >= 11 is 3.60. The lowest BCUT2D eigenvalue weighted by Crippen LogP contribution is -2.21. The Morgan fingerprint density at radius 2 is 2.25 bits per heavy atom. The fourth-order valence-corrected chi connectivity index (χ4v) is 2.71. The van der Waals surface area contributed by atoms with Crippen molar-refractivity contribution in [2.75, 3.05) is 26.8 Å². The molecule has 1 aliphatic heterocycles. The third kappa shape index (κ3) is 3.06. The molecule has 1 aliphatic rings. The van der Waals surface area contributed by atoms with Crippen LogP contribution in [0, 0.1) is 5.92 Å². The molecule has 1 fully saturated rings. The van der Waals surface area contributed by atoms with Gasteiger partial charge in [0.2, 0.25) is 0 Å². The molecule has 16 heavy (non-hydrogen) atoms. The van der Waals surface area contributed by atoms with E-state index < -0.39 is 0 Å². The van der Waals surface area contributed by atoms with Crippen molar-refractivity contribution in [1.29, 1.82) is 0 Å². The van der Waals surface area contributed by atoms with E-state index in [-0.39, 0.29) is 0 Å². The van der Waals surface area contributed by atoms with Crippen LogP contribution in [0.3, 0.4) is 0 Å². The second-order valence-electron chi connectivity index (χ2n) is 4.44. The summed E-state index contributed by atoms with van der Waals surface area (Å²) < 4.78 is 6.43. The lowest BCUT2D eigenvalue weighted by molar-refractivity contribution is 0.152. The number of rotatable bonds is 4. The maximum absolute atomic E-state index is 5.21. The zero-order valence-electron chi connectivity index (χ0n) is 9.66. The highest BCUT2D eigenvalue weighted by Gasteiger charge is 2.22. The average Bonchev–Trinajstić information content (AvgIpc) is 2.70. The minimum absolute atomic E-state index is 0.715. The van der Waals surface area contributed by atoms with Gasteiger partial charge in [0.25, 0.3) is 0 Å². The lowest BCUT2D eigenvalue weighted by Gasteiger charge is -2.16. The first kappa shape index (κ1) is 12.1. The number of halogens is 1. The SMILES string of the molecule is COCC1CCN(Cc2ccccc2Br)C1. The molecule has 0 spiro atoms. The Morgan fingerprint density at radius 1 is 1.44 bits per heavy atom. The maximum Gasteiger partial charge on any atom is 0.0503 e. The van der Waals surface area contributed by atoms with E-state index in [0.717, 1.165) is 19.7 Å². The molecule has 1 saturated heterocycles. The summed E-state index contributed by atoms with van der Waals surface area (Å²) in [5, 5.41) is 0. The van der Waals surface area contributed by atoms with Crippen molar-refractivity contribution in [3.8, 4) is 0 Å². The number of ether oxygens (including phenoxy) is 1. The monoisotopic (exact) mass is 283 g/mol. The molecule has 1 unspecified atom stereocenters. The molecule has 1 heterocycles. The van der Waals surface area contributed by atoms with Crippen LogP contribution in [-0.4, -0.2) is 31.7 Å². The number of benzene rings is 1. The second kappa shape index (κ2) is 5.80. The first-order valence-corrected chi connectivity index (χ1v) is 6.53. The summed E-state index contributed by atoms with van der Waals surface area (Å²) in [6.45, 7) is 4.29. The quantitative estimate of drug-likeness (QED) is 0.843. The topological polar surface area (TPSA) is 12.5 Å². The van der Waals surface area contributed by atoms with Gasteiger partial charge in [-0.15, -0.1) is 0 Å². The number of hydrogen-bond donors (Lipinski definition) is 0. The molecule has 0 N–H and O–H groups in total. The molecule has 1 aromatic rings. The van der Waals surface area contributed by atoms with Crippen LogP contribution in [-0.2, 0) is 11.3 Å². The fourth-order valence-electron chi connectivity index (χ4n) is 2.30. The predicted octanol–water partition coefficient (Wildman–Crippen LogP) is 2.92. The van der Waals surface area contributed by atoms with E-state index in [9.17, 15) is 0 Å². The molecule has 0 saturated carbocycles. The first-order valence-electron chi connectivity index (χ1n) is 5.74. The van der Waals surface area contributed by atoms with Gasteiger partial charge in [-0.2, -0.15) is 0 Å². The summed E-state index contributed by atoms with van der Waals surface area (Å²) in [5.41, 5.74) is 1.38. The van der Waals surface area contributed by atoms with E-state index in [2.05, 4.69) is 45.1 Å². The van der Waals surface area contributed by atoms with Crippen LogP contribution < -0.4 is 0 Å². The Morgan fingerprint density at radius 3 is 3.00 bits per heavy atom. The van der Waals surface area contributed by atoms with Gasteiger partial charge in [0.15, 0.2) is 0 Å². The van der Waals surface area contributed by atoms with Crippen molar-refractivity contribution >= 4 is 15.9 Å². The van der Waals surface area contributed by atoms with Gasteiger partial charge in [0.1, 0.15) is 0 Å². The molecule has 2 rings (SSSR count). The van der Waals surface area contributed by atoms with Crippen LogP contribution in [0.1, 0.15) is 12.0 Å². The van der Waals surface area contributed by atoms with Crippen molar-refractivity contribution < 1.29 is 4.74 Å². The summed E-state index contributed by atoms with van der Waals surface area (Å²) in [5.74, 6) is 0.715. The van der Waals surface area contributed by atoms with Crippen molar-refractivity contribution in [3.63, 3.8) is 0 Å². The average molecular weight is 284 g/mol.